The van der Waals surface area contributed by atoms with Crippen LogP contribution in [0, 0.1) is 5.82 Å². The van der Waals surface area contributed by atoms with E-state index in [0.717, 1.165) is 25.2 Å². The molecule has 1 amide bonds. The Balaban J connectivity index is 1.78. The molecule has 1 N–H and O–H groups in total. The fourth-order valence-corrected chi connectivity index (χ4v) is 3.87. The number of aromatic nitrogens is 2. The van der Waals surface area contributed by atoms with Crippen molar-refractivity contribution in [3.8, 4) is 5.69 Å². The molecule has 134 valence electrons. The van der Waals surface area contributed by atoms with E-state index in [9.17, 15) is 9.18 Å². The summed E-state index contributed by atoms with van der Waals surface area (Å²) < 4.78 is 15.0. The van der Waals surface area contributed by atoms with Crippen LogP contribution in [0.4, 0.5) is 4.39 Å². The maximum absolute atomic E-state index is 13.2. The molecule has 2 aromatic rings. The van der Waals surface area contributed by atoms with Crippen molar-refractivity contribution in [3.63, 3.8) is 0 Å². The van der Waals surface area contributed by atoms with E-state index in [-0.39, 0.29) is 11.7 Å². The molecule has 1 aromatic carbocycles. The van der Waals surface area contributed by atoms with E-state index in [4.69, 9.17) is 0 Å². The molecule has 1 aliphatic rings. The van der Waals surface area contributed by atoms with Crippen LogP contribution in [-0.4, -0.2) is 52.3 Å². The van der Waals surface area contributed by atoms with Crippen molar-refractivity contribution in [2.75, 3.05) is 25.9 Å². The molecule has 1 atom stereocenters. The normalized spacial score (nSPS) is 17.8. The number of likely N-dealkylation sites (tertiary alicyclic amines) is 1. The molecule has 7 heteroatoms. The quantitative estimate of drug-likeness (QED) is 0.803. The third kappa shape index (κ3) is 3.88. The van der Waals surface area contributed by atoms with Gasteiger partial charge in [0.25, 0.3) is 5.91 Å². The lowest BCUT2D eigenvalue weighted by Gasteiger charge is -2.23. The fraction of sp³-hybridized carbons (Fsp3) is 0.444. The molecule has 1 aromatic heterocycles. The number of benzene rings is 1. The summed E-state index contributed by atoms with van der Waals surface area (Å²) in [6, 6.07) is 6.49. The molecule has 3 rings (SSSR count). The smallest absolute Gasteiger partial charge is 0.270 e. The van der Waals surface area contributed by atoms with E-state index in [1.54, 1.807) is 22.9 Å². The Kier molecular flexibility index (Phi) is 5.75. The van der Waals surface area contributed by atoms with Crippen LogP contribution in [0.3, 0.4) is 0 Å². The zero-order valence-corrected chi connectivity index (χ0v) is 15.4. The minimum Gasteiger partial charge on any atom is -0.349 e. The third-order valence-electron chi connectivity index (χ3n) is 4.63. The van der Waals surface area contributed by atoms with Crippen LogP contribution in [0.25, 0.3) is 5.69 Å². The predicted octanol–water partition coefficient (Wildman–Crippen LogP) is 2.95. The third-order valence-corrected chi connectivity index (χ3v) is 5.29. The topological polar surface area (TPSA) is 50.2 Å². The second-order valence-electron chi connectivity index (χ2n) is 6.08. The number of carbonyl (C=O) groups is 1. The van der Waals surface area contributed by atoms with Crippen LogP contribution < -0.4 is 5.32 Å². The monoisotopic (exact) mass is 362 g/mol. The summed E-state index contributed by atoms with van der Waals surface area (Å²) in [5.41, 5.74) is 1.20. The van der Waals surface area contributed by atoms with Crippen molar-refractivity contribution in [2.45, 2.75) is 31.0 Å². The average molecular weight is 362 g/mol. The Bertz CT molecular complexity index is 731. The Morgan fingerprint density at radius 1 is 1.40 bits per heavy atom. The number of hydrogen-bond donors (Lipinski definition) is 1. The summed E-state index contributed by atoms with van der Waals surface area (Å²) in [7, 11) is 0. The number of carbonyl (C=O) groups excluding carboxylic acids is 1. The van der Waals surface area contributed by atoms with Gasteiger partial charge in [-0.1, -0.05) is 18.7 Å². The second-order valence-corrected chi connectivity index (χ2v) is 6.85. The van der Waals surface area contributed by atoms with Crippen LogP contribution in [0.2, 0.25) is 0 Å². The summed E-state index contributed by atoms with van der Waals surface area (Å²) in [5.74, 6) is -0.457. The van der Waals surface area contributed by atoms with Crippen LogP contribution in [-0.2, 0) is 0 Å². The molecule has 1 unspecified atom stereocenters. The van der Waals surface area contributed by atoms with Crippen LogP contribution in [0.5, 0.6) is 0 Å². The van der Waals surface area contributed by atoms with E-state index < -0.39 is 0 Å². The van der Waals surface area contributed by atoms with Gasteiger partial charge >= 0.3 is 0 Å². The summed E-state index contributed by atoms with van der Waals surface area (Å²) in [5, 5.41) is 3.74. The van der Waals surface area contributed by atoms with Crippen molar-refractivity contribution in [2.24, 2.45) is 0 Å². The highest BCUT2D eigenvalue weighted by Crippen LogP contribution is 2.22. The fourth-order valence-electron chi connectivity index (χ4n) is 3.32. The van der Waals surface area contributed by atoms with Gasteiger partial charge in [-0.2, -0.15) is 0 Å². The van der Waals surface area contributed by atoms with Crippen molar-refractivity contribution in [1.82, 2.24) is 19.8 Å². The first-order valence-electron chi connectivity index (χ1n) is 8.54. The van der Waals surface area contributed by atoms with Gasteiger partial charge in [0.05, 0.1) is 6.20 Å². The van der Waals surface area contributed by atoms with E-state index >= 15 is 0 Å². The first-order chi connectivity index (χ1) is 12.1. The van der Waals surface area contributed by atoms with E-state index in [1.165, 1.54) is 30.3 Å². The Hall–Kier alpha value is -1.86. The average Bonchev–Trinajstić information content (AvgIpc) is 3.26. The van der Waals surface area contributed by atoms with Crippen molar-refractivity contribution < 1.29 is 9.18 Å². The second kappa shape index (κ2) is 8.01. The van der Waals surface area contributed by atoms with Crippen LogP contribution in [0.1, 0.15) is 30.3 Å². The molecule has 0 spiro atoms. The zero-order chi connectivity index (χ0) is 17.8. The van der Waals surface area contributed by atoms with E-state index in [0.29, 0.717) is 23.4 Å². The predicted molar refractivity (Wildman–Crippen MR) is 97.9 cm³/mol. The molecular weight excluding hydrogens is 339 g/mol. The lowest BCUT2D eigenvalue weighted by atomic mass is 10.2. The largest absolute Gasteiger partial charge is 0.349 e. The van der Waals surface area contributed by atoms with Crippen LogP contribution >= 0.6 is 11.8 Å². The highest BCUT2D eigenvalue weighted by Gasteiger charge is 2.24. The van der Waals surface area contributed by atoms with Crippen LogP contribution in [0.15, 0.2) is 35.6 Å². The van der Waals surface area contributed by atoms with Gasteiger partial charge in [-0.3, -0.25) is 14.3 Å². The van der Waals surface area contributed by atoms with Gasteiger partial charge < -0.3 is 5.32 Å². The standard InChI is InChI=1S/C18H23FN4OS/c1-3-22-10-4-5-15(22)11-20-17(24)16-12-21-18(25-2)23(16)14-8-6-13(19)7-9-14/h6-9,12,15H,3-5,10-11H2,1-2H3,(H,20,24). The summed E-state index contributed by atoms with van der Waals surface area (Å²) in [6.45, 7) is 4.89. The van der Waals surface area contributed by atoms with Crippen molar-refractivity contribution in [3.05, 3.63) is 42.0 Å². The van der Waals surface area contributed by atoms with Gasteiger partial charge in [0.15, 0.2) is 5.16 Å². The zero-order valence-electron chi connectivity index (χ0n) is 14.5. The number of halogens is 1. The molecular formula is C18H23FN4OS. The maximum Gasteiger partial charge on any atom is 0.270 e. The van der Waals surface area contributed by atoms with Gasteiger partial charge in [-0.05, 0) is 56.5 Å². The summed E-state index contributed by atoms with van der Waals surface area (Å²) in [4.78, 5) is 19.4. The number of hydrogen-bond acceptors (Lipinski definition) is 4. The highest BCUT2D eigenvalue weighted by molar-refractivity contribution is 7.98. The lowest BCUT2D eigenvalue weighted by molar-refractivity contribution is 0.0934. The summed E-state index contributed by atoms with van der Waals surface area (Å²) in [6.07, 6.45) is 5.78. The maximum atomic E-state index is 13.2. The molecule has 0 saturated carbocycles. The number of thioether (sulfide) groups is 1. The van der Waals surface area contributed by atoms with Crippen molar-refractivity contribution in [1.29, 1.82) is 0 Å². The molecule has 1 saturated heterocycles. The molecule has 2 heterocycles. The Morgan fingerprint density at radius 3 is 2.84 bits per heavy atom. The minimum absolute atomic E-state index is 0.153. The molecule has 1 aliphatic heterocycles. The highest BCUT2D eigenvalue weighted by atomic mass is 32.2. The molecule has 25 heavy (non-hydrogen) atoms. The first kappa shape index (κ1) is 17.9. The first-order valence-corrected chi connectivity index (χ1v) is 9.76. The number of nitrogens with one attached hydrogen (secondary N) is 1. The SMILES string of the molecule is CCN1CCCC1CNC(=O)c1cnc(SC)n1-c1ccc(F)cc1. The number of imidazole rings is 1. The number of rotatable bonds is 6. The Labute approximate surface area is 151 Å². The number of amides is 1. The van der Waals surface area contributed by atoms with Gasteiger partial charge in [0, 0.05) is 18.3 Å². The molecule has 5 nitrogen and oxygen atoms in total. The van der Waals surface area contributed by atoms with Crippen molar-refractivity contribution >= 4 is 17.7 Å². The molecule has 0 bridgehead atoms. The molecule has 0 radical (unpaired) electrons. The van der Waals surface area contributed by atoms with Gasteiger partial charge in [-0.15, -0.1) is 0 Å². The Morgan fingerprint density at radius 2 is 2.16 bits per heavy atom. The molecule has 1 fully saturated rings. The van der Waals surface area contributed by atoms with Gasteiger partial charge in [-0.25, -0.2) is 9.37 Å². The number of likely N-dealkylation sites (N-methyl/N-ethyl adjacent to an activating group) is 1. The van der Waals surface area contributed by atoms with E-state index in [1.807, 2.05) is 6.26 Å². The minimum atomic E-state index is -0.304. The summed E-state index contributed by atoms with van der Waals surface area (Å²) >= 11 is 1.45. The lowest BCUT2D eigenvalue weighted by Crippen LogP contribution is -2.40. The van der Waals surface area contributed by atoms with Gasteiger partial charge in [0.2, 0.25) is 0 Å². The number of nitrogens with zero attached hydrogens (tertiary/aromatic N) is 3. The van der Waals surface area contributed by atoms with E-state index in [2.05, 4.69) is 22.1 Å². The van der Waals surface area contributed by atoms with Gasteiger partial charge in [0.1, 0.15) is 11.5 Å². The molecule has 0 aliphatic carbocycles.